The highest BCUT2D eigenvalue weighted by Crippen LogP contribution is 2.44. The molecule has 0 spiro atoms. The number of benzene rings is 1. The summed E-state index contributed by atoms with van der Waals surface area (Å²) in [5.74, 6) is 0. The maximum Gasteiger partial charge on any atom is 0.0161 e. The molecule has 0 saturated heterocycles. The molecule has 0 aliphatic heterocycles. The molecule has 1 unspecified atom stereocenters. The second-order valence-corrected chi connectivity index (χ2v) is 6.46. The summed E-state index contributed by atoms with van der Waals surface area (Å²) < 4.78 is 0. The van der Waals surface area contributed by atoms with Crippen LogP contribution < -0.4 is 5.32 Å². The molecule has 1 aromatic carbocycles. The third-order valence-corrected chi connectivity index (χ3v) is 5.11. The van der Waals surface area contributed by atoms with Gasteiger partial charge < -0.3 is 5.32 Å². The zero-order valence-corrected chi connectivity index (χ0v) is 13.1. The second kappa shape index (κ2) is 6.09. The molecule has 0 radical (unpaired) electrons. The maximum absolute atomic E-state index is 3.62. The van der Waals surface area contributed by atoms with E-state index in [0.29, 0.717) is 11.5 Å². The minimum absolute atomic E-state index is 0.534. The van der Waals surface area contributed by atoms with Gasteiger partial charge in [0.2, 0.25) is 0 Å². The van der Waals surface area contributed by atoms with Gasteiger partial charge in [-0.25, -0.2) is 0 Å². The van der Waals surface area contributed by atoms with Gasteiger partial charge in [-0.2, -0.15) is 0 Å². The predicted octanol–water partition coefficient (Wildman–Crippen LogP) is 4.40. The van der Waals surface area contributed by atoms with Gasteiger partial charge >= 0.3 is 0 Å². The van der Waals surface area contributed by atoms with Gasteiger partial charge in [-0.05, 0) is 57.6 Å². The molecule has 0 heterocycles. The molecule has 2 rings (SSSR count). The zero-order valence-electron chi connectivity index (χ0n) is 13.1. The molecule has 1 aliphatic carbocycles. The van der Waals surface area contributed by atoms with Crippen LogP contribution in [-0.4, -0.2) is 13.1 Å². The summed E-state index contributed by atoms with van der Waals surface area (Å²) in [6.07, 6.45) is 8.12. The summed E-state index contributed by atoms with van der Waals surface area (Å²) in [5, 5.41) is 3.62. The van der Waals surface area contributed by atoms with E-state index in [2.05, 4.69) is 51.3 Å². The fourth-order valence-electron chi connectivity index (χ4n) is 4.07. The molecule has 1 aromatic rings. The summed E-state index contributed by atoms with van der Waals surface area (Å²) >= 11 is 0. The van der Waals surface area contributed by atoms with Gasteiger partial charge in [-0.1, -0.05) is 49.1 Å². The smallest absolute Gasteiger partial charge is 0.0161 e. The van der Waals surface area contributed by atoms with E-state index in [0.717, 1.165) is 0 Å². The maximum atomic E-state index is 3.62. The molecule has 0 aromatic heterocycles. The average molecular weight is 259 g/mol. The average Bonchev–Trinajstić information content (AvgIpc) is 2.84. The van der Waals surface area contributed by atoms with Crippen LogP contribution >= 0.6 is 0 Å². The van der Waals surface area contributed by atoms with E-state index in [1.807, 2.05) is 0 Å². The summed E-state index contributed by atoms with van der Waals surface area (Å²) in [6, 6.07) is 7.61. The Bertz CT molecular complexity index is 395. The number of rotatable bonds is 5. The molecule has 1 saturated carbocycles. The van der Waals surface area contributed by atoms with Crippen molar-refractivity contribution in [3.05, 3.63) is 34.9 Å². The minimum atomic E-state index is 0.534. The normalized spacial score (nSPS) is 19.6. The van der Waals surface area contributed by atoms with Gasteiger partial charge in [0.1, 0.15) is 0 Å². The van der Waals surface area contributed by atoms with E-state index in [1.54, 1.807) is 0 Å². The summed E-state index contributed by atoms with van der Waals surface area (Å²) in [4.78, 5) is 0. The Hall–Kier alpha value is -0.820. The van der Waals surface area contributed by atoms with E-state index in [4.69, 9.17) is 0 Å². The molecule has 19 heavy (non-hydrogen) atoms. The van der Waals surface area contributed by atoms with Gasteiger partial charge in [-0.15, -0.1) is 0 Å². The molecule has 106 valence electrons. The van der Waals surface area contributed by atoms with Crippen molar-refractivity contribution in [1.82, 2.24) is 5.32 Å². The Labute approximate surface area is 118 Å². The molecule has 1 heteroatoms. The fraction of sp³-hybridized carbons (Fsp3) is 0.667. The SMILES string of the molecule is CCC1(C(Cc2cc(C)cc(C)c2)NC)CCCC1. The Morgan fingerprint density at radius 3 is 2.16 bits per heavy atom. The number of likely N-dealkylation sites (N-methyl/N-ethyl adjacent to an activating group) is 1. The molecule has 1 N–H and O–H groups in total. The van der Waals surface area contributed by atoms with E-state index >= 15 is 0 Å². The van der Waals surface area contributed by atoms with Crippen molar-refractivity contribution in [3.63, 3.8) is 0 Å². The van der Waals surface area contributed by atoms with Gasteiger partial charge in [-0.3, -0.25) is 0 Å². The van der Waals surface area contributed by atoms with Crippen LogP contribution in [0, 0.1) is 19.3 Å². The van der Waals surface area contributed by atoms with Crippen LogP contribution in [0.25, 0.3) is 0 Å². The van der Waals surface area contributed by atoms with Crippen LogP contribution in [0.5, 0.6) is 0 Å². The molecule has 0 bridgehead atoms. The van der Waals surface area contributed by atoms with E-state index in [1.165, 1.54) is 55.2 Å². The van der Waals surface area contributed by atoms with Crippen LogP contribution in [0.3, 0.4) is 0 Å². The molecule has 1 atom stereocenters. The first-order valence-electron chi connectivity index (χ1n) is 7.84. The zero-order chi connectivity index (χ0) is 13.9. The lowest BCUT2D eigenvalue weighted by Crippen LogP contribution is -2.43. The van der Waals surface area contributed by atoms with Crippen LogP contribution in [0.15, 0.2) is 18.2 Å². The second-order valence-electron chi connectivity index (χ2n) is 6.46. The standard InChI is InChI=1S/C18H29N/c1-5-18(8-6-7-9-18)17(19-4)13-16-11-14(2)10-15(3)12-16/h10-12,17,19H,5-9,13H2,1-4H3. The first-order valence-corrected chi connectivity index (χ1v) is 7.84. The first kappa shape index (κ1) is 14.6. The lowest BCUT2D eigenvalue weighted by molar-refractivity contribution is 0.192. The van der Waals surface area contributed by atoms with Crippen molar-refractivity contribution >= 4 is 0 Å². The Kier molecular flexibility index (Phi) is 4.67. The van der Waals surface area contributed by atoms with Gasteiger partial charge in [0.05, 0.1) is 0 Å². The molecular weight excluding hydrogens is 230 g/mol. The quantitative estimate of drug-likeness (QED) is 0.826. The van der Waals surface area contributed by atoms with Crippen molar-refractivity contribution in [2.75, 3.05) is 7.05 Å². The third-order valence-electron chi connectivity index (χ3n) is 5.11. The highest BCUT2D eigenvalue weighted by atomic mass is 14.9. The van der Waals surface area contributed by atoms with E-state index in [9.17, 15) is 0 Å². The van der Waals surface area contributed by atoms with Crippen molar-refractivity contribution in [2.45, 2.75) is 65.3 Å². The first-order chi connectivity index (χ1) is 9.09. The largest absolute Gasteiger partial charge is 0.316 e. The van der Waals surface area contributed by atoms with Gasteiger partial charge in [0, 0.05) is 6.04 Å². The Morgan fingerprint density at radius 2 is 1.68 bits per heavy atom. The van der Waals surface area contributed by atoms with Crippen molar-refractivity contribution in [2.24, 2.45) is 5.41 Å². The highest BCUT2D eigenvalue weighted by Gasteiger charge is 2.38. The fourth-order valence-corrected chi connectivity index (χ4v) is 4.07. The number of hydrogen-bond donors (Lipinski definition) is 1. The Morgan fingerprint density at radius 1 is 1.11 bits per heavy atom. The topological polar surface area (TPSA) is 12.0 Å². The molecule has 1 nitrogen and oxygen atoms in total. The predicted molar refractivity (Wildman–Crippen MR) is 83.7 cm³/mol. The summed E-state index contributed by atoms with van der Waals surface area (Å²) in [5.41, 5.74) is 4.81. The van der Waals surface area contributed by atoms with Gasteiger partial charge in [0.15, 0.2) is 0 Å². The Balaban J connectivity index is 2.18. The summed E-state index contributed by atoms with van der Waals surface area (Å²) in [6.45, 7) is 6.78. The van der Waals surface area contributed by atoms with Crippen LogP contribution in [0.1, 0.15) is 55.7 Å². The highest BCUT2D eigenvalue weighted by molar-refractivity contribution is 5.29. The summed E-state index contributed by atoms with van der Waals surface area (Å²) in [7, 11) is 2.14. The van der Waals surface area contributed by atoms with E-state index in [-0.39, 0.29) is 0 Å². The van der Waals surface area contributed by atoms with Crippen molar-refractivity contribution in [3.8, 4) is 0 Å². The number of nitrogens with one attached hydrogen (secondary N) is 1. The molecule has 0 amide bonds. The third kappa shape index (κ3) is 3.20. The molecule has 1 aliphatic rings. The lowest BCUT2D eigenvalue weighted by atomic mass is 9.74. The van der Waals surface area contributed by atoms with Crippen molar-refractivity contribution in [1.29, 1.82) is 0 Å². The van der Waals surface area contributed by atoms with Crippen molar-refractivity contribution < 1.29 is 0 Å². The van der Waals surface area contributed by atoms with Crippen LogP contribution in [0.2, 0.25) is 0 Å². The molecule has 1 fully saturated rings. The number of aryl methyl sites for hydroxylation is 2. The lowest BCUT2D eigenvalue weighted by Gasteiger charge is -2.37. The van der Waals surface area contributed by atoms with Gasteiger partial charge in [0.25, 0.3) is 0 Å². The van der Waals surface area contributed by atoms with Crippen LogP contribution in [0.4, 0.5) is 0 Å². The minimum Gasteiger partial charge on any atom is -0.316 e. The monoisotopic (exact) mass is 259 g/mol. The molecular formula is C18H29N. The van der Waals surface area contributed by atoms with Crippen LogP contribution in [-0.2, 0) is 6.42 Å². The number of hydrogen-bond acceptors (Lipinski definition) is 1. The van der Waals surface area contributed by atoms with E-state index < -0.39 is 0 Å².